The summed E-state index contributed by atoms with van der Waals surface area (Å²) in [5.41, 5.74) is 1.92. The minimum atomic E-state index is -0.0464. The number of hydrogen-bond donors (Lipinski definition) is 1. The van der Waals surface area contributed by atoms with Crippen LogP contribution in [0.5, 0.6) is 0 Å². The van der Waals surface area contributed by atoms with Crippen molar-refractivity contribution in [3.05, 3.63) is 59.0 Å². The topological polar surface area (TPSA) is 45.5 Å². The van der Waals surface area contributed by atoms with Crippen molar-refractivity contribution in [1.82, 2.24) is 10.2 Å². The minimum Gasteiger partial charge on any atom is -0.465 e. The molecule has 5 heteroatoms. The summed E-state index contributed by atoms with van der Waals surface area (Å²) in [6, 6.07) is 12.3. The summed E-state index contributed by atoms with van der Waals surface area (Å²) < 4.78 is 5.85. The third-order valence-corrected chi connectivity index (χ3v) is 5.18. The van der Waals surface area contributed by atoms with Crippen molar-refractivity contribution in [3.8, 4) is 0 Å². The molecule has 0 saturated carbocycles. The number of rotatable bonds is 4. The molecular weight excluding hydrogens is 308 g/mol. The highest BCUT2D eigenvalue weighted by atomic mass is 32.2. The second-order valence-corrected chi connectivity index (χ2v) is 6.94. The summed E-state index contributed by atoms with van der Waals surface area (Å²) in [7, 11) is 1.65. The van der Waals surface area contributed by atoms with Gasteiger partial charge in [-0.25, -0.2) is 0 Å². The summed E-state index contributed by atoms with van der Waals surface area (Å²) >= 11 is 1.98. The maximum atomic E-state index is 11.6. The van der Waals surface area contributed by atoms with E-state index < -0.39 is 0 Å². The summed E-state index contributed by atoms with van der Waals surface area (Å²) in [5.74, 6) is 4.17. The number of nitrogens with one attached hydrogen (secondary N) is 1. The number of thioether (sulfide) groups is 1. The zero-order chi connectivity index (χ0) is 16.2. The molecule has 2 heterocycles. The summed E-state index contributed by atoms with van der Waals surface area (Å²) in [6.45, 7) is 3.91. The number of carbonyl (C=O) groups excluding carboxylic acids is 1. The molecule has 1 aliphatic rings. The Morgan fingerprint density at radius 1 is 1.30 bits per heavy atom. The number of benzene rings is 1. The molecule has 1 fully saturated rings. The second kappa shape index (κ2) is 7.23. The Morgan fingerprint density at radius 3 is 2.74 bits per heavy atom. The first-order valence-corrected chi connectivity index (χ1v) is 9.02. The molecule has 0 radical (unpaired) electrons. The van der Waals surface area contributed by atoms with E-state index in [0.717, 1.165) is 36.1 Å². The van der Waals surface area contributed by atoms with Crippen molar-refractivity contribution in [2.24, 2.45) is 0 Å². The lowest BCUT2D eigenvalue weighted by atomic mass is 10.1. The van der Waals surface area contributed by atoms with E-state index in [9.17, 15) is 4.79 Å². The molecule has 0 spiro atoms. The number of nitrogens with zero attached hydrogens (tertiary/aromatic N) is 1. The molecule has 1 N–H and O–H groups in total. The van der Waals surface area contributed by atoms with Crippen molar-refractivity contribution in [1.29, 1.82) is 0 Å². The maximum Gasteiger partial charge on any atom is 0.251 e. The fourth-order valence-corrected chi connectivity index (χ4v) is 3.99. The SMILES string of the molecule is CNC(=O)c1ccc(CN2CCSC[C@H]2c2ccc(C)o2)cc1. The van der Waals surface area contributed by atoms with E-state index in [-0.39, 0.29) is 5.91 Å². The molecule has 3 rings (SSSR count). The van der Waals surface area contributed by atoms with Gasteiger partial charge in [-0.1, -0.05) is 12.1 Å². The van der Waals surface area contributed by atoms with E-state index in [1.165, 1.54) is 5.56 Å². The van der Waals surface area contributed by atoms with Crippen molar-refractivity contribution < 1.29 is 9.21 Å². The molecule has 1 aromatic carbocycles. The van der Waals surface area contributed by atoms with Crippen LogP contribution in [0, 0.1) is 6.92 Å². The normalized spacial score (nSPS) is 18.8. The Morgan fingerprint density at radius 2 is 2.09 bits per heavy atom. The molecule has 1 saturated heterocycles. The van der Waals surface area contributed by atoms with Crippen molar-refractivity contribution in [2.45, 2.75) is 19.5 Å². The Balaban J connectivity index is 1.73. The van der Waals surface area contributed by atoms with Gasteiger partial charge in [0.25, 0.3) is 5.91 Å². The lowest BCUT2D eigenvalue weighted by Gasteiger charge is -2.34. The quantitative estimate of drug-likeness (QED) is 0.935. The Bertz CT molecular complexity index is 666. The van der Waals surface area contributed by atoms with E-state index in [4.69, 9.17) is 4.42 Å². The van der Waals surface area contributed by atoms with Gasteiger partial charge in [-0.3, -0.25) is 9.69 Å². The summed E-state index contributed by atoms with van der Waals surface area (Å²) in [4.78, 5) is 14.1. The third kappa shape index (κ3) is 3.79. The number of hydrogen-bond acceptors (Lipinski definition) is 4. The third-order valence-electron chi connectivity index (χ3n) is 4.16. The molecule has 2 aromatic rings. The van der Waals surface area contributed by atoms with Gasteiger partial charge in [0.2, 0.25) is 0 Å². The van der Waals surface area contributed by atoms with Crippen LogP contribution in [-0.2, 0) is 6.54 Å². The zero-order valence-electron chi connectivity index (χ0n) is 13.5. The molecule has 0 aliphatic carbocycles. The Hall–Kier alpha value is -1.72. The molecule has 1 aliphatic heterocycles. The number of amides is 1. The van der Waals surface area contributed by atoms with Crippen molar-refractivity contribution in [2.75, 3.05) is 25.1 Å². The van der Waals surface area contributed by atoms with Gasteiger partial charge >= 0.3 is 0 Å². The molecule has 4 nitrogen and oxygen atoms in total. The first-order valence-electron chi connectivity index (χ1n) is 7.86. The first-order chi connectivity index (χ1) is 11.2. The fraction of sp³-hybridized carbons (Fsp3) is 0.389. The van der Waals surface area contributed by atoms with E-state index in [0.29, 0.717) is 11.6 Å². The summed E-state index contributed by atoms with van der Waals surface area (Å²) in [5, 5.41) is 2.65. The molecule has 1 amide bonds. The van der Waals surface area contributed by atoms with Gasteiger partial charge in [-0.2, -0.15) is 11.8 Å². The van der Waals surface area contributed by atoms with Gasteiger partial charge in [0.15, 0.2) is 0 Å². The van der Waals surface area contributed by atoms with Gasteiger partial charge < -0.3 is 9.73 Å². The molecule has 0 bridgehead atoms. The number of carbonyl (C=O) groups is 1. The van der Waals surface area contributed by atoms with Gasteiger partial charge in [-0.15, -0.1) is 0 Å². The van der Waals surface area contributed by atoms with Crippen LogP contribution in [0.4, 0.5) is 0 Å². The van der Waals surface area contributed by atoms with Crippen LogP contribution in [0.1, 0.15) is 33.5 Å². The largest absolute Gasteiger partial charge is 0.465 e. The summed E-state index contributed by atoms with van der Waals surface area (Å²) in [6.07, 6.45) is 0. The lowest BCUT2D eigenvalue weighted by molar-refractivity contribution is 0.0963. The van der Waals surface area contributed by atoms with Crippen LogP contribution in [0.3, 0.4) is 0 Å². The molecule has 23 heavy (non-hydrogen) atoms. The number of furan rings is 1. The van der Waals surface area contributed by atoms with E-state index in [1.54, 1.807) is 7.05 Å². The highest BCUT2D eigenvalue weighted by molar-refractivity contribution is 7.99. The monoisotopic (exact) mass is 330 g/mol. The zero-order valence-corrected chi connectivity index (χ0v) is 14.4. The smallest absolute Gasteiger partial charge is 0.251 e. The van der Waals surface area contributed by atoms with E-state index in [1.807, 2.05) is 49.0 Å². The molecule has 1 aromatic heterocycles. The Labute approximate surface area is 141 Å². The average Bonchev–Trinajstić information content (AvgIpc) is 3.01. The first kappa shape index (κ1) is 16.1. The maximum absolute atomic E-state index is 11.6. The van der Waals surface area contributed by atoms with Crippen molar-refractivity contribution >= 4 is 17.7 Å². The van der Waals surface area contributed by atoms with Gasteiger partial charge in [0.1, 0.15) is 11.5 Å². The van der Waals surface area contributed by atoms with Gasteiger partial charge in [0.05, 0.1) is 6.04 Å². The second-order valence-electron chi connectivity index (χ2n) is 5.79. The predicted octanol–water partition coefficient (Wildman–Crippen LogP) is 3.24. The van der Waals surface area contributed by atoms with Crippen LogP contribution in [0.25, 0.3) is 0 Å². The minimum absolute atomic E-state index is 0.0464. The molecule has 0 unspecified atom stereocenters. The van der Waals surface area contributed by atoms with Gasteiger partial charge in [0, 0.05) is 37.2 Å². The molecular formula is C18H22N2O2S. The van der Waals surface area contributed by atoms with Gasteiger partial charge in [-0.05, 0) is 36.8 Å². The van der Waals surface area contributed by atoms with Crippen LogP contribution < -0.4 is 5.32 Å². The van der Waals surface area contributed by atoms with Crippen LogP contribution >= 0.6 is 11.8 Å². The Kier molecular flexibility index (Phi) is 5.08. The highest BCUT2D eigenvalue weighted by Gasteiger charge is 2.26. The fourth-order valence-electron chi connectivity index (χ4n) is 2.86. The average molecular weight is 330 g/mol. The predicted molar refractivity (Wildman–Crippen MR) is 93.8 cm³/mol. The highest BCUT2D eigenvalue weighted by Crippen LogP contribution is 2.31. The van der Waals surface area contributed by atoms with E-state index >= 15 is 0 Å². The number of aryl methyl sites for hydroxylation is 1. The van der Waals surface area contributed by atoms with E-state index in [2.05, 4.69) is 16.3 Å². The lowest BCUT2D eigenvalue weighted by Crippen LogP contribution is -2.35. The van der Waals surface area contributed by atoms with Crippen LogP contribution in [0.15, 0.2) is 40.8 Å². The van der Waals surface area contributed by atoms with Crippen molar-refractivity contribution in [3.63, 3.8) is 0 Å². The standard InChI is InChI=1S/C18H22N2O2S/c1-13-3-8-17(22-13)16-12-23-10-9-20(16)11-14-4-6-15(7-5-14)18(21)19-2/h3-8,16H,9-12H2,1-2H3,(H,19,21)/t16-/m0/s1. The van der Waals surface area contributed by atoms with Crippen LogP contribution in [-0.4, -0.2) is 35.9 Å². The molecule has 122 valence electrons. The van der Waals surface area contributed by atoms with Crippen LogP contribution in [0.2, 0.25) is 0 Å². The molecule has 1 atom stereocenters.